The molecule has 0 heterocycles. The van der Waals surface area contributed by atoms with Gasteiger partial charge in [-0.25, -0.2) is 8.42 Å². The molecule has 0 atom stereocenters. The van der Waals surface area contributed by atoms with Gasteiger partial charge < -0.3 is 4.74 Å². The van der Waals surface area contributed by atoms with Gasteiger partial charge in [-0.2, -0.15) is 4.31 Å². The van der Waals surface area contributed by atoms with Crippen molar-refractivity contribution < 1.29 is 17.9 Å². The highest BCUT2D eigenvalue weighted by Gasteiger charge is 2.31. The Bertz CT molecular complexity index is 1410. The van der Waals surface area contributed by atoms with E-state index in [1.807, 2.05) is 37.3 Å². The van der Waals surface area contributed by atoms with Crippen LogP contribution in [0.4, 0.5) is 5.69 Å². The molecule has 36 heavy (non-hydrogen) atoms. The lowest BCUT2D eigenvalue weighted by Crippen LogP contribution is -2.40. The molecular weight excluding hydrogens is 470 g/mol. The van der Waals surface area contributed by atoms with Gasteiger partial charge in [0.05, 0.1) is 10.6 Å². The van der Waals surface area contributed by atoms with Gasteiger partial charge in [0, 0.05) is 5.41 Å². The van der Waals surface area contributed by atoms with Crippen molar-refractivity contribution in [2.24, 2.45) is 0 Å². The summed E-state index contributed by atoms with van der Waals surface area (Å²) in [6.07, 6.45) is 0. The molecule has 4 aromatic rings. The van der Waals surface area contributed by atoms with Crippen LogP contribution in [0, 0.1) is 6.92 Å². The molecule has 0 unspecified atom stereocenters. The number of rotatable bonds is 8. The van der Waals surface area contributed by atoms with E-state index in [-0.39, 0.29) is 16.0 Å². The number of hydrogen-bond donors (Lipinski definition) is 0. The predicted octanol–water partition coefficient (Wildman–Crippen LogP) is 6.12. The summed E-state index contributed by atoms with van der Waals surface area (Å²) in [6.45, 7) is 5.76. The van der Waals surface area contributed by atoms with E-state index in [4.69, 9.17) is 4.74 Å². The monoisotopic (exact) mass is 499 g/mol. The smallest absolute Gasteiger partial charge is 0.278 e. The Morgan fingerprint density at radius 2 is 1.28 bits per heavy atom. The van der Waals surface area contributed by atoms with E-state index in [2.05, 4.69) is 26.0 Å². The minimum atomic E-state index is -4.12. The van der Waals surface area contributed by atoms with Crippen LogP contribution in [-0.2, 0) is 20.2 Å². The predicted molar refractivity (Wildman–Crippen MR) is 143 cm³/mol. The molecule has 4 aromatic carbocycles. The Morgan fingerprint density at radius 1 is 0.750 bits per heavy atom. The fourth-order valence-corrected chi connectivity index (χ4v) is 5.42. The van der Waals surface area contributed by atoms with E-state index >= 15 is 0 Å². The van der Waals surface area contributed by atoms with E-state index in [0.717, 1.165) is 15.4 Å². The van der Waals surface area contributed by atoms with Gasteiger partial charge in [0.2, 0.25) is 0 Å². The fourth-order valence-electron chi connectivity index (χ4n) is 3.99. The highest BCUT2D eigenvalue weighted by atomic mass is 32.2. The maximum absolute atomic E-state index is 13.4. The highest BCUT2D eigenvalue weighted by molar-refractivity contribution is 7.93. The molecule has 0 bridgehead atoms. The summed E-state index contributed by atoms with van der Waals surface area (Å²) in [7, 11) is -4.12. The van der Waals surface area contributed by atoms with E-state index < -0.39 is 22.5 Å². The van der Waals surface area contributed by atoms with Crippen LogP contribution in [-0.4, -0.2) is 20.9 Å². The van der Waals surface area contributed by atoms with Crippen molar-refractivity contribution in [3.05, 3.63) is 126 Å². The first-order chi connectivity index (χ1) is 17.2. The largest absolute Gasteiger partial charge is 0.484 e. The molecule has 184 valence electrons. The standard InChI is InChI=1S/C30H29NO4S/c1-23-14-18-26(19-15-23)31(36(33,34)28-12-8-5-9-13-28)29(32)22-35-27-20-16-25(17-21-27)30(2,3)24-10-6-4-7-11-24/h4-21H,22H2,1-3H3. The first-order valence-corrected chi connectivity index (χ1v) is 13.1. The number of aryl methyl sites for hydroxylation is 1. The molecule has 0 aliphatic heterocycles. The van der Waals surface area contributed by atoms with Gasteiger partial charge in [-0.1, -0.05) is 92.2 Å². The molecule has 0 saturated carbocycles. The molecule has 4 rings (SSSR count). The van der Waals surface area contributed by atoms with E-state index in [1.54, 1.807) is 54.6 Å². The molecule has 0 N–H and O–H groups in total. The Balaban J connectivity index is 1.55. The third-order valence-electron chi connectivity index (χ3n) is 6.21. The second-order valence-corrected chi connectivity index (χ2v) is 10.9. The lowest BCUT2D eigenvalue weighted by Gasteiger charge is -2.26. The zero-order valence-electron chi connectivity index (χ0n) is 20.6. The Hall–Kier alpha value is -3.90. The van der Waals surface area contributed by atoms with Crippen LogP contribution in [0.1, 0.15) is 30.5 Å². The fraction of sp³-hybridized carbons (Fsp3) is 0.167. The van der Waals surface area contributed by atoms with E-state index in [1.165, 1.54) is 17.7 Å². The van der Waals surface area contributed by atoms with Crippen LogP contribution in [0.15, 0.2) is 114 Å². The number of nitrogens with zero attached hydrogens (tertiary/aromatic N) is 1. The van der Waals surface area contributed by atoms with Gasteiger partial charge >= 0.3 is 0 Å². The van der Waals surface area contributed by atoms with Crippen molar-refractivity contribution in [1.82, 2.24) is 0 Å². The number of amides is 1. The maximum atomic E-state index is 13.4. The van der Waals surface area contributed by atoms with Crippen LogP contribution < -0.4 is 9.04 Å². The molecule has 0 saturated heterocycles. The van der Waals surface area contributed by atoms with Crippen molar-refractivity contribution in [3.63, 3.8) is 0 Å². The zero-order chi connectivity index (χ0) is 25.8. The summed E-state index contributed by atoms with van der Waals surface area (Å²) in [4.78, 5) is 13.3. The average molecular weight is 500 g/mol. The number of ether oxygens (including phenoxy) is 1. The summed E-state index contributed by atoms with van der Waals surface area (Å²) in [6, 6.07) is 32.4. The van der Waals surface area contributed by atoms with Gasteiger partial charge in [0.15, 0.2) is 6.61 Å². The second kappa shape index (κ2) is 10.4. The summed E-state index contributed by atoms with van der Waals surface area (Å²) in [5.74, 6) is -0.201. The molecule has 0 aliphatic rings. The van der Waals surface area contributed by atoms with Crippen LogP contribution in [0.25, 0.3) is 0 Å². The first-order valence-electron chi connectivity index (χ1n) is 11.7. The Labute approximate surface area is 213 Å². The number of carbonyl (C=O) groups excluding carboxylic acids is 1. The number of hydrogen-bond acceptors (Lipinski definition) is 4. The van der Waals surface area contributed by atoms with Crippen LogP contribution in [0.3, 0.4) is 0 Å². The summed E-state index contributed by atoms with van der Waals surface area (Å²) >= 11 is 0. The van der Waals surface area contributed by atoms with Crippen molar-refractivity contribution in [1.29, 1.82) is 0 Å². The lowest BCUT2D eigenvalue weighted by molar-refractivity contribution is -0.119. The molecule has 0 fully saturated rings. The van der Waals surface area contributed by atoms with Gasteiger partial charge in [-0.3, -0.25) is 4.79 Å². The van der Waals surface area contributed by atoms with Crippen LogP contribution in [0.2, 0.25) is 0 Å². The third kappa shape index (κ3) is 5.34. The van der Waals surface area contributed by atoms with E-state index in [9.17, 15) is 13.2 Å². The van der Waals surface area contributed by atoms with E-state index in [0.29, 0.717) is 5.75 Å². The number of carbonyl (C=O) groups is 1. The Kier molecular flexibility index (Phi) is 7.27. The molecule has 1 amide bonds. The minimum absolute atomic E-state index is 0.0337. The topological polar surface area (TPSA) is 63.7 Å². The number of anilines is 1. The van der Waals surface area contributed by atoms with Gasteiger partial charge in [-0.15, -0.1) is 0 Å². The normalized spacial score (nSPS) is 11.6. The third-order valence-corrected chi connectivity index (χ3v) is 7.97. The lowest BCUT2D eigenvalue weighted by atomic mass is 9.78. The summed E-state index contributed by atoms with van der Waals surface area (Å²) in [5, 5.41) is 0. The molecule has 0 radical (unpaired) electrons. The second-order valence-electron chi connectivity index (χ2n) is 9.12. The summed E-state index contributed by atoms with van der Waals surface area (Å²) in [5.41, 5.74) is 3.30. The molecule has 5 nitrogen and oxygen atoms in total. The maximum Gasteiger partial charge on any atom is 0.278 e. The quantitative estimate of drug-likeness (QED) is 0.293. The van der Waals surface area contributed by atoms with Crippen molar-refractivity contribution in [2.45, 2.75) is 31.1 Å². The van der Waals surface area contributed by atoms with Gasteiger partial charge in [0.25, 0.3) is 15.9 Å². The minimum Gasteiger partial charge on any atom is -0.484 e. The van der Waals surface area contributed by atoms with Gasteiger partial charge in [-0.05, 0) is 54.4 Å². The molecular formula is C30H29NO4S. The first kappa shape index (κ1) is 25.2. The molecule has 0 aliphatic carbocycles. The van der Waals surface area contributed by atoms with Crippen molar-refractivity contribution in [2.75, 3.05) is 10.9 Å². The van der Waals surface area contributed by atoms with Crippen molar-refractivity contribution >= 4 is 21.6 Å². The van der Waals surface area contributed by atoms with Gasteiger partial charge in [0.1, 0.15) is 5.75 Å². The molecule has 0 spiro atoms. The average Bonchev–Trinajstić information content (AvgIpc) is 2.90. The molecule has 0 aromatic heterocycles. The Morgan fingerprint density at radius 3 is 1.86 bits per heavy atom. The SMILES string of the molecule is Cc1ccc(N(C(=O)COc2ccc(C(C)(C)c3ccccc3)cc2)S(=O)(=O)c2ccccc2)cc1. The number of benzene rings is 4. The molecule has 6 heteroatoms. The zero-order valence-corrected chi connectivity index (χ0v) is 21.4. The number of sulfonamides is 1. The highest BCUT2D eigenvalue weighted by Crippen LogP contribution is 2.32. The van der Waals surface area contributed by atoms with Crippen LogP contribution in [0.5, 0.6) is 5.75 Å². The van der Waals surface area contributed by atoms with Crippen molar-refractivity contribution in [3.8, 4) is 5.75 Å². The summed E-state index contributed by atoms with van der Waals surface area (Å²) < 4.78 is 33.4. The van der Waals surface area contributed by atoms with Crippen LogP contribution >= 0.6 is 0 Å².